The Balaban J connectivity index is 2.15. The number of fused-ring (bicyclic) bond motifs is 1. The number of aliphatic carboxylic acids is 1. The lowest BCUT2D eigenvalue weighted by atomic mass is 10.1. The van der Waals surface area contributed by atoms with Crippen molar-refractivity contribution in [2.24, 2.45) is 13.0 Å². The van der Waals surface area contributed by atoms with Crippen molar-refractivity contribution in [3.63, 3.8) is 0 Å². The van der Waals surface area contributed by atoms with E-state index in [9.17, 15) is 14.7 Å². The van der Waals surface area contributed by atoms with Crippen molar-refractivity contribution >= 4 is 57.5 Å². The summed E-state index contributed by atoms with van der Waals surface area (Å²) in [5.74, 6) is 0.0647. The summed E-state index contributed by atoms with van der Waals surface area (Å²) in [5.41, 5.74) is 2.58. The van der Waals surface area contributed by atoms with Crippen LogP contribution in [-0.2, 0) is 23.1 Å². The molecule has 1 heterocycles. The molecule has 1 atom stereocenters. The summed E-state index contributed by atoms with van der Waals surface area (Å²) in [6, 6.07) is 4.85. The third-order valence-corrected chi connectivity index (χ3v) is 5.52. The number of carboxylic acid groups (broad SMARTS) is 1. The highest BCUT2D eigenvalue weighted by molar-refractivity contribution is 6.37. The molecule has 0 bridgehead atoms. The first-order valence-corrected chi connectivity index (χ1v) is 11.7. The maximum absolute atomic E-state index is 12.2. The second-order valence-electron chi connectivity index (χ2n) is 8.10. The molecule has 0 aliphatic rings. The van der Waals surface area contributed by atoms with E-state index in [1.807, 2.05) is 43.7 Å². The zero-order valence-corrected chi connectivity index (χ0v) is 20.2. The maximum atomic E-state index is 12.2. The van der Waals surface area contributed by atoms with Gasteiger partial charge in [0.25, 0.3) is 5.91 Å². The number of amides is 1. The molecular formula is C22H31Cl2N5O3. The number of nitrogens with one attached hydrogen (secondary N) is 2. The predicted octanol–water partition coefficient (Wildman–Crippen LogP) is 3.43. The van der Waals surface area contributed by atoms with E-state index in [1.54, 1.807) is 0 Å². The van der Waals surface area contributed by atoms with Crippen LogP contribution in [0.4, 0.5) is 5.69 Å². The number of hydrogen-bond acceptors (Lipinski definition) is 5. The second kappa shape index (κ2) is 12.1. The van der Waals surface area contributed by atoms with Gasteiger partial charge in [-0.15, -0.1) is 23.2 Å². The highest BCUT2D eigenvalue weighted by atomic mass is 35.5. The van der Waals surface area contributed by atoms with Crippen molar-refractivity contribution in [2.45, 2.75) is 39.2 Å². The fraction of sp³-hybridized carbons (Fsp3) is 0.545. The Bertz CT molecular complexity index is 954. The molecule has 3 N–H and O–H groups in total. The molecule has 1 aromatic heterocycles. The van der Waals surface area contributed by atoms with Crippen LogP contribution >= 0.6 is 23.2 Å². The standard InChI is InChI=1S/C22H31Cl2N5O3/c1-14(2)12-16(25)21(30)27-17(22(31)32)5-7-20-26-18-13-15(4-6-19(18)28(20)3)29(10-8-23)11-9-24/h4,6,13-14,17,25H,5,7-12H2,1-3H3,(H,27,30)(H,31,32)/t17-/m0/s1. The maximum Gasteiger partial charge on any atom is 0.326 e. The highest BCUT2D eigenvalue weighted by Gasteiger charge is 2.23. The van der Waals surface area contributed by atoms with Crippen LogP contribution in [0.5, 0.6) is 0 Å². The average Bonchev–Trinajstić information content (AvgIpc) is 3.05. The zero-order valence-electron chi connectivity index (χ0n) is 18.7. The number of imidazole rings is 1. The molecule has 2 rings (SSSR count). The lowest BCUT2D eigenvalue weighted by Crippen LogP contribution is -2.44. The Labute approximate surface area is 198 Å². The van der Waals surface area contributed by atoms with E-state index in [0.717, 1.165) is 22.5 Å². The Hall–Kier alpha value is -2.32. The summed E-state index contributed by atoms with van der Waals surface area (Å²) in [6.45, 7) is 5.15. The van der Waals surface area contributed by atoms with Crippen LogP contribution in [0, 0.1) is 11.3 Å². The molecule has 0 unspecified atom stereocenters. The molecule has 1 aromatic carbocycles. The van der Waals surface area contributed by atoms with Gasteiger partial charge < -0.3 is 19.9 Å². The van der Waals surface area contributed by atoms with Crippen molar-refractivity contribution in [3.8, 4) is 0 Å². The van der Waals surface area contributed by atoms with Crippen LogP contribution in [0.25, 0.3) is 11.0 Å². The second-order valence-corrected chi connectivity index (χ2v) is 8.86. The van der Waals surface area contributed by atoms with Gasteiger partial charge in [0.1, 0.15) is 11.9 Å². The number of hydrogen-bond donors (Lipinski definition) is 3. The van der Waals surface area contributed by atoms with Gasteiger partial charge in [-0.05, 0) is 37.0 Å². The van der Waals surface area contributed by atoms with Crippen LogP contribution in [0.3, 0.4) is 0 Å². The summed E-state index contributed by atoms with van der Waals surface area (Å²) in [6.07, 6.45) is 0.836. The SMILES string of the molecule is CC(C)CC(=N)C(=O)N[C@@H](CCc1nc2cc(N(CCCl)CCCl)ccc2n1C)C(=O)O. The monoisotopic (exact) mass is 483 g/mol. The first kappa shape index (κ1) is 25.9. The number of carbonyl (C=O) groups excluding carboxylic acids is 1. The number of halogens is 2. The van der Waals surface area contributed by atoms with Gasteiger partial charge in [-0.25, -0.2) is 9.78 Å². The number of benzene rings is 1. The molecule has 32 heavy (non-hydrogen) atoms. The van der Waals surface area contributed by atoms with Gasteiger partial charge in [-0.1, -0.05) is 13.8 Å². The summed E-state index contributed by atoms with van der Waals surface area (Å²) >= 11 is 11.8. The molecule has 1 amide bonds. The molecule has 0 aliphatic carbocycles. The Morgan fingerprint density at radius 1 is 1.25 bits per heavy atom. The fourth-order valence-electron chi connectivity index (χ4n) is 3.51. The van der Waals surface area contributed by atoms with Crippen LogP contribution in [0.15, 0.2) is 18.2 Å². The molecule has 0 fully saturated rings. The molecule has 0 spiro atoms. The lowest BCUT2D eigenvalue weighted by molar-refractivity contribution is -0.141. The zero-order chi connectivity index (χ0) is 23.8. The molecule has 176 valence electrons. The van der Waals surface area contributed by atoms with Gasteiger partial charge in [-0.2, -0.15) is 0 Å². The molecule has 2 aromatic rings. The Kier molecular flexibility index (Phi) is 9.78. The van der Waals surface area contributed by atoms with Gasteiger partial charge in [0, 0.05) is 44.0 Å². The minimum atomic E-state index is -1.13. The van der Waals surface area contributed by atoms with Crippen molar-refractivity contribution < 1.29 is 14.7 Å². The third-order valence-electron chi connectivity index (χ3n) is 5.18. The number of aromatic nitrogens is 2. The topological polar surface area (TPSA) is 111 Å². The van der Waals surface area contributed by atoms with Gasteiger partial charge in [0.2, 0.25) is 0 Å². The van der Waals surface area contributed by atoms with E-state index >= 15 is 0 Å². The van der Waals surface area contributed by atoms with E-state index in [2.05, 4.69) is 15.2 Å². The normalized spacial score (nSPS) is 12.2. The van der Waals surface area contributed by atoms with E-state index in [-0.39, 0.29) is 18.1 Å². The van der Waals surface area contributed by atoms with Crippen molar-refractivity contribution in [1.29, 1.82) is 5.41 Å². The largest absolute Gasteiger partial charge is 0.480 e. The smallest absolute Gasteiger partial charge is 0.326 e. The van der Waals surface area contributed by atoms with Gasteiger partial charge >= 0.3 is 5.97 Å². The molecule has 0 saturated heterocycles. The number of aryl methyl sites for hydroxylation is 2. The van der Waals surface area contributed by atoms with Gasteiger partial charge in [0.05, 0.1) is 16.7 Å². The summed E-state index contributed by atoms with van der Waals surface area (Å²) in [7, 11) is 1.88. The molecule has 0 aliphatic heterocycles. The number of carboxylic acids is 1. The van der Waals surface area contributed by atoms with E-state index in [4.69, 9.17) is 28.6 Å². The van der Waals surface area contributed by atoms with Gasteiger partial charge in [0.15, 0.2) is 0 Å². The molecule has 8 nitrogen and oxygen atoms in total. The van der Waals surface area contributed by atoms with E-state index in [1.165, 1.54) is 0 Å². The lowest BCUT2D eigenvalue weighted by Gasteiger charge is -2.22. The number of alkyl halides is 2. The molecule has 0 radical (unpaired) electrons. The first-order valence-electron chi connectivity index (χ1n) is 10.6. The number of anilines is 1. The molecular weight excluding hydrogens is 453 g/mol. The number of nitrogens with zero attached hydrogens (tertiary/aromatic N) is 3. The third kappa shape index (κ3) is 6.84. The van der Waals surface area contributed by atoms with Crippen molar-refractivity contribution in [1.82, 2.24) is 14.9 Å². The molecule has 10 heteroatoms. The summed E-state index contributed by atoms with van der Waals surface area (Å²) in [5, 5.41) is 19.8. The Morgan fingerprint density at radius 2 is 1.91 bits per heavy atom. The summed E-state index contributed by atoms with van der Waals surface area (Å²) < 4.78 is 1.92. The first-order chi connectivity index (χ1) is 15.2. The van der Waals surface area contributed by atoms with E-state index < -0.39 is 17.9 Å². The van der Waals surface area contributed by atoms with Crippen molar-refractivity contribution in [3.05, 3.63) is 24.0 Å². The van der Waals surface area contributed by atoms with E-state index in [0.29, 0.717) is 37.7 Å². The minimum absolute atomic E-state index is 0.111. The average molecular weight is 484 g/mol. The number of rotatable bonds is 13. The number of carbonyl (C=O) groups is 2. The Morgan fingerprint density at radius 3 is 2.47 bits per heavy atom. The van der Waals surface area contributed by atoms with Crippen molar-refractivity contribution in [2.75, 3.05) is 29.7 Å². The van der Waals surface area contributed by atoms with Crippen LogP contribution in [0.1, 0.15) is 32.5 Å². The fourth-order valence-corrected chi connectivity index (χ4v) is 3.92. The quantitative estimate of drug-likeness (QED) is 0.298. The van der Waals surface area contributed by atoms with Crippen LogP contribution < -0.4 is 10.2 Å². The predicted molar refractivity (Wildman–Crippen MR) is 129 cm³/mol. The minimum Gasteiger partial charge on any atom is -0.480 e. The highest BCUT2D eigenvalue weighted by Crippen LogP contribution is 2.23. The van der Waals surface area contributed by atoms with Gasteiger partial charge in [-0.3, -0.25) is 10.2 Å². The summed E-state index contributed by atoms with van der Waals surface area (Å²) in [4.78, 5) is 30.6. The molecule has 0 saturated carbocycles. The van der Waals surface area contributed by atoms with Crippen LogP contribution in [-0.4, -0.2) is 63.1 Å². The van der Waals surface area contributed by atoms with Crippen LogP contribution in [0.2, 0.25) is 0 Å².